The van der Waals surface area contributed by atoms with Crippen molar-refractivity contribution < 1.29 is 9.53 Å². The largest absolute Gasteiger partial charge is 0.492 e. The summed E-state index contributed by atoms with van der Waals surface area (Å²) in [5.41, 5.74) is 1.01. The highest BCUT2D eigenvalue weighted by Crippen LogP contribution is 2.13. The summed E-state index contributed by atoms with van der Waals surface area (Å²) in [5, 5.41) is 0. The molecular formula is C16H21NO2. The number of rotatable bonds is 6. The second-order valence-electron chi connectivity index (χ2n) is 4.81. The molecule has 0 spiro atoms. The maximum absolute atomic E-state index is 10.2. The highest BCUT2D eigenvalue weighted by atomic mass is 16.5. The number of hydrogen-bond acceptors (Lipinski definition) is 3. The van der Waals surface area contributed by atoms with Gasteiger partial charge in [-0.3, -0.25) is 9.69 Å². The summed E-state index contributed by atoms with van der Waals surface area (Å²) in [6.07, 6.45) is 8.06. The summed E-state index contributed by atoms with van der Waals surface area (Å²) in [4.78, 5) is 12.7. The van der Waals surface area contributed by atoms with Gasteiger partial charge < -0.3 is 4.74 Å². The van der Waals surface area contributed by atoms with Gasteiger partial charge in [0.1, 0.15) is 18.6 Å². The number of likely N-dealkylation sites (tertiary alicyclic amines) is 1. The van der Waals surface area contributed by atoms with Gasteiger partial charge >= 0.3 is 0 Å². The Balaban J connectivity index is 1.73. The van der Waals surface area contributed by atoms with Crippen LogP contribution < -0.4 is 4.74 Å². The van der Waals surface area contributed by atoms with Crippen molar-refractivity contribution in [2.45, 2.75) is 19.3 Å². The van der Waals surface area contributed by atoms with Crippen LogP contribution in [0.1, 0.15) is 24.8 Å². The third-order valence-corrected chi connectivity index (χ3v) is 3.37. The molecule has 3 nitrogen and oxygen atoms in total. The average molecular weight is 259 g/mol. The van der Waals surface area contributed by atoms with E-state index in [0.717, 1.165) is 30.8 Å². The Morgan fingerprint density at radius 1 is 1.11 bits per heavy atom. The molecule has 1 heterocycles. The maximum atomic E-state index is 10.2. The first-order valence-electron chi connectivity index (χ1n) is 6.95. The fourth-order valence-corrected chi connectivity index (χ4v) is 2.30. The highest BCUT2D eigenvalue weighted by Gasteiger charge is 2.09. The van der Waals surface area contributed by atoms with Gasteiger partial charge in [-0.05, 0) is 49.7 Å². The minimum Gasteiger partial charge on any atom is -0.492 e. The monoisotopic (exact) mass is 259 g/mol. The van der Waals surface area contributed by atoms with Crippen LogP contribution in [-0.2, 0) is 4.79 Å². The van der Waals surface area contributed by atoms with E-state index >= 15 is 0 Å². The van der Waals surface area contributed by atoms with Crippen molar-refractivity contribution in [3.05, 3.63) is 35.9 Å². The summed E-state index contributed by atoms with van der Waals surface area (Å²) < 4.78 is 5.73. The Kier molecular flexibility index (Phi) is 5.63. The van der Waals surface area contributed by atoms with E-state index < -0.39 is 0 Å². The second kappa shape index (κ2) is 7.74. The number of ether oxygens (including phenoxy) is 1. The Labute approximate surface area is 114 Å². The molecule has 0 saturated carbocycles. The lowest BCUT2D eigenvalue weighted by Crippen LogP contribution is -2.33. The summed E-state index contributed by atoms with van der Waals surface area (Å²) in [6, 6.07) is 7.80. The van der Waals surface area contributed by atoms with E-state index in [1.165, 1.54) is 38.4 Å². The molecule has 19 heavy (non-hydrogen) atoms. The predicted molar refractivity (Wildman–Crippen MR) is 77.3 cm³/mol. The first-order valence-corrected chi connectivity index (χ1v) is 6.95. The minimum absolute atomic E-state index is 0.740. The molecule has 0 bridgehead atoms. The van der Waals surface area contributed by atoms with Crippen LogP contribution in [0.2, 0.25) is 0 Å². The van der Waals surface area contributed by atoms with Crippen LogP contribution in [0.4, 0.5) is 0 Å². The van der Waals surface area contributed by atoms with Crippen molar-refractivity contribution in [1.82, 2.24) is 4.90 Å². The zero-order valence-electron chi connectivity index (χ0n) is 11.3. The smallest absolute Gasteiger partial charge is 0.142 e. The van der Waals surface area contributed by atoms with E-state index in [1.54, 1.807) is 6.08 Å². The van der Waals surface area contributed by atoms with Crippen molar-refractivity contribution in [3.63, 3.8) is 0 Å². The molecule has 1 aromatic rings. The first-order chi connectivity index (χ1) is 9.38. The summed E-state index contributed by atoms with van der Waals surface area (Å²) in [5.74, 6) is 0.889. The summed E-state index contributed by atoms with van der Waals surface area (Å²) in [7, 11) is 0. The van der Waals surface area contributed by atoms with E-state index in [-0.39, 0.29) is 0 Å². The standard InChI is InChI=1S/C16H21NO2/c18-13-4-5-15-6-8-16(9-7-15)19-14-12-17-10-2-1-3-11-17/h4-9,13H,1-3,10-12,14H2. The SMILES string of the molecule is O=CC=Cc1ccc(OCCN2CCCCC2)cc1. The Bertz CT molecular complexity index is 405. The summed E-state index contributed by atoms with van der Waals surface area (Å²) in [6.45, 7) is 4.16. The molecule has 3 heteroatoms. The van der Waals surface area contributed by atoms with Gasteiger partial charge in [-0.15, -0.1) is 0 Å². The molecule has 102 valence electrons. The molecule has 0 amide bonds. The number of benzene rings is 1. The quantitative estimate of drug-likeness (QED) is 0.581. The van der Waals surface area contributed by atoms with Crippen molar-refractivity contribution in [3.8, 4) is 5.75 Å². The van der Waals surface area contributed by atoms with Gasteiger partial charge in [0.15, 0.2) is 0 Å². The van der Waals surface area contributed by atoms with E-state index in [9.17, 15) is 4.79 Å². The molecule has 0 aliphatic carbocycles. The number of aldehydes is 1. The molecule has 1 aliphatic rings. The zero-order valence-corrected chi connectivity index (χ0v) is 11.3. The zero-order chi connectivity index (χ0) is 13.3. The van der Waals surface area contributed by atoms with Gasteiger partial charge in [-0.1, -0.05) is 24.6 Å². The van der Waals surface area contributed by atoms with Crippen LogP contribution in [0.25, 0.3) is 6.08 Å². The second-order valence-corrected chi connectivity index (χ2v) is 4.81. The molecule has 0 atom stereocenters. The van der Waals surface area contributed by atoms with E-state index in [4.69, 9.17) is 4.74 Å². The van der Waals surface area contributed by atoms with Crippen LogP contribution >= 0.6 is 0 Å². The predicted octanol–water partition coefficient (Wildman–Crippen LogP) is 2.76. The van der Waals surface area contributed by atoms with Crippen LogP contribution in [-0.4, -0.2) is 37.4 Å². The van der Waals surface area contributed by atoms with Gasteiger partial charge in [0.05, 0.1) is 0 Å². The summed E-state index contributed by atoms with van der Waals surface area (Å²) >= 11 is 0. The Morgan fingerprint density at radius 3 is 2.53 bits per heavy atom. The highest BCUT2D eigenvalue weighted by molar-refractivity contribution is 5.73. The molecule has 1 aliphatic heterocycles. The number of piperidine rings is 1. The number of hydrogen-bond donors (Lipinski definition) is 0. The lowest BCUT2D eigenvalue weighted by atomic mass is 10.1. The minimum atomic E-state index is 0.740. The number of carbonyl (C=O) groups excluding carboxylic acids is 1. The topological polar surface area (TPSA) is 29.5 Å². The van der Waals surface area contributed by atoms with E-state index in [2.05, 4.69) is 4.90 Å². The van der Waals surface area contributed by atoms with Gasteiger partial charge in [-0.25, -0.2) is 0 Å². The molecule has 2 rings (SSSR count). The van der Waals surface area contributed by atoms with Crippen LogP contribution in [0.5, 0.6) is 5.75 Å². The molecule has 0 unspecified atom stereocenters. The van der Waals surface area contributed by atoms with E-state index in [1.807, 2.05) is 24.3 Å². The fourth-order valence-electron chi connectivity index (χ4n) is 2.30. The van der Waals surface area contributed by atoms with Gasteiger partial charge in [-0.2, -0.15) is 0 Å². The number of allylic oxidation sites excluding steroid dienone is 1. The molecular weight excluding hydrogens is 238 g/mol. The Hall–Kier alpha value is -1.61. The third kappa shape index (κ3) is 4.87. The van der Waals surface area contributed by atoms with Crippen LogP contribution in [0.15, 0.2) is 30.3 Å². The number of nitrogens with zero attached hydrogens (tertiary/aromatic N) is 1. The molecule has 1 saturated heterocycles. The molecule has 1 aromatic carbocycles. The van der Waals surface area contributed by atoms with E-state index in [0.29, 0.717) is 0 Å². The van der Waals surface area contributed by atoms with Gasteiger partial charge in [0.2, 0.25) is 0 Å². The average Bonchev–Trinajstić information content (AvgIpc) is 2.47. The van der Waals surface area contributed by atoms with Crippen molar-refractivity contribution >= 4 is 12.4 Å². The molecule has 0 aromatic heterocycles. The van der Waals surface area contributed by atoms with Crippen LogP contribution in [0.3, 0.4) is 0 Å². The third-order valence-electron chi connectivity index (χ3n) is 3.37. The number of carbonyl (C=O) groups is 1. The fraction of sp³-hybridized carbons (Fsp3) is 0.438. The molecule has 0 N–H and O–H groups in total. The maximum Gasteiger partial charge on any atom is 0.142 e. The van der Waals surface area contributed by atoms with Crippen LogP contribution in [0, 0.1) is 0 Å². The van der Waals surface area contributed by atoms with Crippen molar-refractivity contribution in [2.75, 3.05) is 26.2 Å². The van der Waals surface area contributed by atoms with Crippen molar-refractivity contribution in [2.24, 2.45) is 0 Å². The van der Waals surface area contributed by atoms with Crippen molar-refractivity contribution in [1.29, 1.82) is 0 Å². The Morgan fingerprint density at radius 2 is 1.84 bits per heavy atom. The lowest BCUT2D eigenvalue weighted by molar-refractivity contribution is -0.104. The molecule has 0 radical (unpaired) electrons. The first kappa shape index (κ1) is 13.8. The van der Waals surface area contributed by atoms with Gasteiger partial charge in [0.25, 0.3) is 0 Å². The normalized spacial score (nSPS) is 16.6. The molecule has 1 fully saturated rings. The lowest BCUT2D eigenvalue weighted by Gasteiger charge is -2.26. The van der Waals surface area contributed by atoms with Gasteiger partial charge in [0, 0.05) is 6.54 Å².